The predicted molar refractivity (Wildman–Crippen MR) is 225 cm³/mol. The zero-order chi connectivity index (χ0) is 43.6. The van der Waals surface area contributed by atoms with Crippen LogP contribution in [-0.4, -0.2) is 86.2 Å². The number of alkyl halides is 3. The lowest BCUT2D eigenvalue weighted by Gasteiger charge is -2.40. The van der Waals surface area contributed by atoms with Gasteiger partial charge in [-0.05, 0) is 60.4 Å². The molecular weight excluding hydrogens is 816 g/mol. The van der Waals surface area contributed by atoms with Gasteiger partial charge in [-0.15, -0.1) is 0 Å². The van der Waals surface area contributed by atoms with Crippen molar-refractivity contribution >= 4 is 50.9 Å². The van der Waals surface area contributed by atoms with E-state index >= 15 is 0 Å². The highest BCUT2D eigenvalue weighted by molar-refractivity contribution is 6.13. The van der Waals surface area contributed by atoms with E-state index in [-0.39, 0.29) is 43.5 Å². The Bertz CT molecular complexity index is 2930. The topological polar surface area (TPSA) is 141 Å². The number of aromatic nitrogens is 4. The van der Waals surface area contributed by atoms with Gasteiger partial charge in [0.1, 0.15) is 41.9 Å². The van der Waals surface area contributed by atoms with Gasteiger partial charge < -0.3 is 23.7 Å². The lowest BCUT2D eigenvalue weighted by Crippen LogP contribution is -2.52. The molecule has 3 fully saturated rings. The molecule has 1 unspecified atom stereocenters. The fraction of sp³-hybridized carbons (Fsp3) is 0.277. The van der Waals surface area contributed by atoms with Crippen molar-refractivity contribution in [3.63, 3.8) is 0 Å². The molecular formula is C47H38F3N7O6. The molecule has 1 aliphatic carbocycles. The highest BCUT2D eigenvalue weighted by atomic mass is 19.4. The quantitative estimate of drug-likeness (QED) is 0.124. The van der Waals surface area contributed by atoms with Gasteiger partial charge in [-0.25, -0.2) is 9.97 Å². The summed E-state index contributed by atoms with van der Waals surface area (Å²) in [5.74, 6) is 4.86. The second kappa shape index (κ2) is 15.6. The normalized spacial score (nSPS) is 20.0. The molecule has 4 aliphatic rings. The smallest absolute Gasteiger partial charge is 0.421 e. The number of piperidine rings is 1. The number of fused-ring (bicyclic) bond motifs is 4. The highest BCUT2D eigenvalue weighted by Crippen LogP contribution is 2.41. The lowest BCUT2D eigenvalue weighted by atomic mass is 9.92. The first-order chi connectivity index (χ1) is 30.4. The Labute approximate surface area is 358 Å². The summed E-state index contributed by atoms with van der Waals surface area (Å²) in [6.07, 6.45) is 2.15. The van der Waals surface area contributed by atoms with Crippen LogP contribution in [0.4, 0.5) is 18.9 Å². The van der Waals surface area contributed by atoms with Crippen LogP contribution in [0.15, 0.2) is 92.0 Å². The van der Waals surface area contributed by atoms with Crippen LogP contribution >= 0.6 is 0 Å². The Morgan fingerprint density at radius 1 is 0.857 bits per heavy atom. The van der Waals surface area contributed by atoms with E-state index in [1.807, 2.05) is 41.9 Å². The van der Waals surface area contributed by atoms with Gasteiger partial charge in [-0.3, -0.25) is 29.6 Å². The summed E-state index contributed by atoms with van der Waals surface area (Å²) in [5, 5.41) is 4.24. The fourth-order valence-corrected chi connectivity index (χ4v) is 8.56. The van der Waals surface area contributed by atoms with E-state index < -0.39 is 35.7 Å². The van der Waals surface area contributed by atoms with Crippen LogP contribution in [-0.2, 0) is 27.5 Å². The van der Waals surface area contributed by atoms with Crippen LogP contribution < -0.4 is 19.7 Å². The van der Waals surface area contributed by atoms with Crippen LogP contribution in [0.25, 0.3) is 38.6 Å². The van der Waals surface area contributed by atoms with Crippen LogP contribution in [0, 0.1) is 11.8 Å². The predicted octanol–water partition coefficient (Wildman–Crippen LogP) is 6.68. The molecule has 1 atom stereocenters. The molecule has 3 amide bonds. The Morgan fingerprint density at radius 2 is 1.68 bits per heavy atom. The monoisotopic (exact) mass is 853 g/mol. The number of anilines is 1. The number of amides is 3. The molecule has 0 radical (unpaired) electrons. The molecule has 13 nitrogen and oxygen atoms in total. The van der Waals surface area contributed by atoms with Crippen molar-refractivity contribution < 1.29 is 41.8 Å². The molecule has 10 rings (SSSR count). The molecule has 1 saturated carbocycles. The number of rotatable bonds is 9. The summed E-state index contributed by atoms with van der Waals surface area (Å²) in [6, 6.07) is 16.8. The maximum atomic E-state index is 14.3. The number of benzene rings is 2. The molecule has 1 N–H and O–H groups in total. The van der Waals surface area contributed by atoms with Crippen LogP contribution in [0.1, 0.15) is 52.9 Å². The summed E-state index contributed by atoms with van der Waals surface area (Å²) in [6.45, 7) is 5.46. The van der Waals surface area contributed by atoms with Crippen molar-refractivity contribution in [1.29, 1.82) is 0 Å². The van der Waals surface area contributed by atoms with Crippen LogP contribution in [0.5, 0.6) is 11.6 Å². The Balaban J connectivity index is 0.684. The van der Waals surface area contributed by atoms with E-state index in [1.165, 1.54) is 11.1 Å². The third-order valence-electron chi connectivity index (χ3n) is 12.1. The summed E-state index contributed by atoms with van der Waals surface area (Å²) < 4.78 is 62.6. The van der Waals surface area contributed by atoms with Crippen molar-refractivity contribution in [2.75, 3.05) is 24.6 Å². The second-order valence-corrected chi connectivity index (χ2v) is 16.0. The van der Waals surface area contributed by atoms with E-state index in [0.717, 1.165) is 33.6 Å². The van der Waals surface area contributed by atoms with Gasteiger partial charge in [0, 0.05) is 96.8 Å². The van der Waals surface area contributed by atoms with Gasteiger partial charge in [0.2, 0.25) is 17.7 Å². The van der Waals surface area contributed by atoms with Crippen LogP contribution in [0.2, 0.25) is 0 Å². The lowest BCUT2D eigenvalue weighted by molar-refractivity contribution is -0.140. The minimum atomic E-state index is -4.67. The van der Waals surface area contributed by atoms with E-state index in [1.54, 1.807) is 42.9 Å². The fourth-order valence-electron chi connectivity index (χ4n) is 8.56. The number of imide groups is 1. The third kappa shape index (κ3) is 7.48. The first kappa shape index (κ1) is 39.9. The number of nitrogens with one attached hydrogen (secondary N) is 1. The van der Waals surface area contributed by atoms with Gasteiger partial charge in [-0.2, -0.15) is 13.2 Å². The summed E-state index contributed by atoms with van der Waals surface area (Å²) in [4.78, 5) is 53.6. The molecule has 7 heterocycles. The Morgan fingerprint density at radius 3 is 2.46 bits per heavy atom. The first-order valence-electron chi connectivity index (χ1n) is 20.4. The van der Waals surface area contributed by atoms with Crippen molar-refractivity contribution in [2.24, 2.45) is 7.05 Å². The van der Waals surface area contributed by atoms with E-state index in [2.05, 4.69) is 43.6 Å². The molecule has 16 heteroatoms. The van der Waals surface area contributed by atoms with Crippen molar-refractivity contribution in [1.82, 2.24) is 29.7 Å². The third-order valence-corrected chi connectivity index (χ3v) is 12.1. The number of hydrogen-bond acceptors (Lipinski definition) is 10. The molecule has 4 aromatic heterocycles. The maximum Gasteiger partial charge on any atom is 0.421 e. The Kier molecular flexibility index (Phi) is 9.86. The molecule has 318 valence electrons. The highest BCUT2D eigenvalue weighted by Gasteiger charge is 2.43. The second-order valence-electron chi connectivity index (χ2n) is 16.0. The number of pyridine rings is 3. The average Bonchev–Trinajstić information content (AvgIpc) is 3.67. The maximum absolute atomic E-state index is 14.3. The number of carbonyl (C=O) groups excluding carboxylic acids is 3. The minimum Gasteiger partial charge on any atom is -0.489 e. The number of nitrogens with zero attached hydrogens (tertiary/aromatic N) is 6. The van der Waals surface area contributed by atoms with Gasteiger partial charge in [0.05, 0.1) is 23.4 Å². The van der Waals surface area contributed by atoms with Crippen molar-refractivity contribution in [2.45, 2.75) is 56.2 Å². The standard InChI is InChI=1S/C47H38F3N7O6/c1-26-35-10-7-30(18-37(35)46(60)57(26)41-11-12-43(58)54-44(41)59)56-24-34(25-56)61-15-3-4-29-6-8-31(22-52-29)62-32-19-33(20-32)63-45-39(47(48,49)50)16-28(21-53-45)27-5-9-36-38-23-51-14-13-40(38)55(2)42(36)17-27/h5-10,13-14,16-18,21-23,32-34,41H,1,11-12,15,19-20,24-25H2,2H3,(H,54,58,59). The Hall–Kier alpha value is -7.25. The number of hydrogen-bond donors (Lipinski definition) is 1. The van der Waals surface area contributed by atoms with Crippen molar-refractivity contribution in [3.05, 3.63) is 114 Å². The molecule has 63 heavy (non-hydrogen) atoms. The molecule has 0 bridgehead atoms. The average molecular weight is 854 g/mol. The van der Waals surface area contributed by atoms with E-state index in [9.17, 15) is 27.6 Å². The van der Waals surface area contributed by atoms with Gasteiger partial charge in [0.15, 0.2) is 0 Å². The SMILES string of the molecule is C=C1c2ccc(N3CC(OCC#Cc4ccc(OC5CC(Oc6ncc(-c7ccc8c9cnccc9n(C)c8c7)cc6C(F)(F)F)C5)cn4)C3)cc2C(=O)N1C1CCC(=O)NC1=O. The van der Waals surface area contributed by atoms with E-state index in [0.29, 0.717) is 65.3 Å². The largest absolute Gasteiger partial charge is 0.489 e. The van der Waals surface area contributed by atoms with Gasteiger partial charge in [0.25, 0.3) is 5.91 Å². The zero-order valence-corrected chi connectivity index (χ0v) is 33.8. The number of carbonyl (C=O) groups is 3. The summed E-state index contributed by atoms with van der Waals surface area (Å²) in [5.41, 5.74) is 4.81. The van der Waals surface area contributed by atoms with Crippen molar-refractivity contribution in [3.8, 4) is 34.6 Å². The zero-order valence-electron chi connectivity index (χ0n) is 33.8. The molecule has 0 spiro atoms. The number of aryl methyl sites for hydroxylation is 1. The van der Waals surface area contributed by atoms with Crippen LogP contribution in [0.3, 0.4) is 0 Å². The molecule has 3 aliphatic heterocycles. The number of halogens is 3. The summed E-state index contributed by atoms with van der Waals surface area (Å²) in [7, 11) is 1.91. The first-order valence-corrected chi connectivity index (χ1v) is 20.4. The molecule has 6 aromatic rings. The summed E-state index contributed by atoms with van der Waals surface area (Å²) >= 11 is 0. The van der Waals surface area contributed by atoms with Gasteiger partial charge >= 0.3 is 6.18 Å². The van der Waals surface area contributed by atoms with E-state index in [4.69, 9.17) is 14.2 Å². The molecule has 2 saturated heterocycles. The van der Waals surface area contributed by atoms with Gasteiger partial charge in [-0.1, -0.05) is 30.7 Å². The minimum absolute atomic E-state index is 0.0532. The molecule has 2 aromatic carbocycles. The number of ether oxygens (including phenoxy) is 3.